The van der Waals surface area contributed by atoms with E-state index in [9.17, 15) is 14.4 Å². The Kier molecular flexibility index (Phi) is 5.58. The van der Waals surface area contributed by atoms with Crippen LogP contribution in [0.3, 0.4) is 0 Å². The number of amides is 1. The number of nitrogens with one attached hydrogen (secondary N) is 1. The molecule has 0 aromatic carbocycles. The Balaban J connectivity index is 4.39. The van der Waals surface area contributed by atoms with Crippen LogP contribution < -0.4 is 5.32 Å². The van der Waals surface area contributed by atoms with Crippen molar-refractivity contribution < 1.29 is 19.5 Å². The third-order valence-corrected chi connectivity index (χ3v) is 2.14. The van der Waals surface area contributed by atoms with E-state index in [1.165, 1.54) is 13.8 Å². The third-order valence-electron chi connectivity index (χ3n) is 2.14. The van der Waals surface area contributed by atoms with Crippen LogP contribution in [0.1, 0.15) is 40.5 Å². The average Bonchev–Trinajstić information content (AvgIpc) is 2.11. The van der Waals surface area contributed by atoms with Crippen LogP contribution in [0.15, 0.2) is 11.6 Å². The van der Waals surface area contributed by atoms with Gasteiger partial charge in [0.1, 0.15) is 5.78 Å². The van der Waals surface area contributed by atoms with Crippen molar-refractivity contribution >= 4 is 17.7 Å². The van der Waals surface area contributed by atoms with Crippen molar-refractivity contribution in [2.45, 2.75) is 46.1 Å². The third kappa shape index (κ3) is 7.27. The van der Waals surface area contributed by atoms with Crippen molar-refractivity contribution in [1.82, 2.24) is 5.32 Å². The Bertz CT molecular complexity index is 356. The molecule has 2 N–H and O–H groups in total. The van der Waals surface area contributed by atoms with Gasteiger partial charge in [-0.25, -0.2) is 4.79 Å². The van der Waals surface area contributed by atoms with Crippen LogP contribution in [-0.4, -0.2) is 28.3 Å². The molecule has 1 amide bonds. The summed E-state index contributed by atoms with van der Waals surface area (Å²) in [4.78, 5) is 32.7. The SMILES string of the molecule is CC(=O)CC(=O)NC(C)(C)CC=C(C)C(=O)O. The van der Waals surface area contributed by atoms with Crippen LogP contribution in [0.2, 0.25) is 0 Å². The first-order valence-electron chi connectivity index (χ1n) is 5.34. The molecule has 5 nitrogen and oxygen atoms in total. The number of hydrogen-bond donors (Lipinski definition) is 2. The quantitative estimate of drug-likeness (QED) is 0.542. The number of rotatable bonds is 6. The molecule has 0 saturated heterocycles. The lowest BCUT2D eigenvalue weighted by Crippen LogP contribution is -2.43. The Morgan fingerprint density at radius 3 is 2.18 bits per heavy atom. The fourth-order valence-corrected chi connectivity index (χ4v) is 1.19. The van der Waals surface area contributed by atoms with E-state index in [4.69, 9.17) is 5.11 Å². The van der Waals surface area contributed by atoms with Crippen LogP contribution in [-0.2, 0) is 14.4 Å². The molecule has 0 aliphatic carbocycles. The first kappa shape index (κ1) is 15.3. The van der Waals surface area contributed by atoms with E-state index in [1.807, 2.05) is 0 Å². The minimum Gasteiger partial charge on any atom is -0.478 e. The summed E-state index contributed by atoms with van der Waals surface area (Å²) in [6.07, 6.45) is 1.80. The van der Waals surface area contributed by atoms with Gasteiger partial charge in [-0.05, 0) is 34.1 Å². The number of aliphatic carboxylic acids is 1. The lowest BCUT2D eigenvalue weighted by molar-refractivity contribution is -0.132. The topological polar surface area (TPSA) is 83.5 Å². The minimum absolute atomic E-state index is 0.148. The second-order valence-electron chi connectivity index (χ2n) is 4.71. The molecule has 0 saturated carbocycles. The molecule has 0 radical (unpaired) electrons. The number of ketones is 1. The molecule has 0 aliphatic heterocycles. The zero-order valence-electron chi connectivity index (χ0n) is 10.7. The molecule has 0 heterocycles. The van der Waals surface area contributed by atoms with Crippen molar-refractivity contribution in [3.63, 3.8) is 0 Å². The fraction of sp³-hybridized carbons (Fsp3) is 0.583. The van der Waals surface area contributed by atoms with E-state index < -0.39 is 11.5 Å². The predicted molar refractivity (Wildman–Crippen MR) is 63.5 cm³/mol. The van der Waals surface area contributed by atoms with E-state index in [0.29, 0.717) is 6.42 Å². The molecular weight excluding hydrogens is 222 g/mol. The minimum atomic E-state index is -0.976. The summed E-state index contributed by atoms with van der Waals surface area (Å²) < 4.78 is 0. The van der Waals surface area contributed by atoms with Crippen molar-refractivity contribution in [1.29, 1.82) is 0 Å². The zero-order chi connectivity index (χ0) is 13.6. The first-order valence-corrected chi connectivity index (χ1v) is 5.34. The van der Waals surface area contributed by atoms with Crippen molar-refractivity contribution in [2.75, 3.05) is 0 Å². The van der Waals surface area contributed by atoms with Crippen LogP contribution >= 0.6 is 0 Å². The maximum absolute atomic E-state index is 11.4. The van der Waals surface area contributed by atoms with Gasteiger partial charge in [-0.15, -0.1) is 0 Å². The highest BCUT2D eigenvalue weighted by Gasteiger charge is 2.20. The van der Waals surface area contributed by atoms with Crippen LogP contribution in [0.5, 0.6) is 0 Å². The molecule has 0 aromatic rings. The molecule has 17 heavy (non-hydrogen) atoms. The number of carboxylic acids is 1. The zero-order valence-corrected chi connectivity index (χ0v) is 10.7. The molecule has 0 aromatic heterocycles. The number of carbonyl (C=O) groups is 3. The smallest absolute Gasteiger partial charge is 0.330 e. The monoisotopic (exact) mass is 241 g/mol. The van der Waals surface area contributed by atoms with Gasteiger partial charge in [-0.3, -0.25) is 9.59 Å². The van der Waals surface area contributed by atoms with Crippen molar-refractivity contribution in [3.8, 4) is 0 Å². The molecule has 0 bridgehead atoms. The summed E-state index contributed by atoms with van der Waals surface area (Å²) in [5.41, 5.74) is -0.331. The van der Waals surface area contributed by atoms with E-state index in [0.717, 1.165) is 0 Å². The van der Waals surface area contributed by atoms with Gasteiger partial charge in [0, 0.05) is 11.1 Å². The van der Waals surface area contributed by atoms with Gasteiger partial charge in [0.15, 0.2) is 0 Å². The normalized spacial score (nSPS) is 12.1. The Hall–Kier alpha value is -1.65. The maximum atomic E-state index is 11.4. The molecule has 0 unspecified atom stereocenters. The largest absolute Gasteiger partial charge is 0.478 e. The number of Topliss-reactive ketones (excluding diaryl/α,β-unsaturated/α-hetero) is 1. The van der Waals surface area contributed by atoms with Crippen molar-refractivity contribution in [2.24, 2.45) is 0 Å². The molecular formula is C12H19NO4. The van der Waals surface area contributed by atoms with Gasteiger partial charge in [0.25, 0.3) is 0 Å². The van der Waals surface area contributed by atoms with Gasteiger partial charge in [0.2, 0.25) is 5.91 Å². The number of carboxylic acid groups (broad SMARTS) is 1. The van der Waals surface area contributed by atoms with Gasteiger partial charge in [0.05, 0.1) is 6.42 Å². The summed E-state index contributed by atoms with van der Waals surface area (Å²) in [6.45, 7) is 6.39. The summed E-state index contributed by atoms with van der Waals surface area (Å²) in [5, 5.41) is 11.4. The van der Waals surface area contributed by atoms with Crippen molar-refractivity contribution in [3.05, 3.63) is 11.6 Å². The van der Waals surface area contributed by atoms with Gasteiger partial charge >= 0.3 is 5.97 Å². The van der Waals surface area contributed by atoms with E-state index in [-0.39, 0.29) is 23.7 Å². The molecule has 5 heteroatoms. The Morgan fingerprint density at radius 1 is 1.24 bits per heavy atom. The first-order chi connectivity index (χ1) is 7.64. The van der Waals surface area contributed by atoms with Gasteiger partial charge < -0.3 is 10.4 Å². The summed E-state index contributed by atoms with van der Waals surface area (Å²) >= 11 is 0. The fourth-order valence-electron chi connectivity index (χ4n) is 1.19. The van der Waals surface area contributed by atoms with Gasteiger partial charge in [-0.2, -0.15) is 0 Å². The predicted octanol–water partition coefficient (Wildman–Crippen LogP) is 1.28. The number of carbonyl (C=O) groups excluding carboxylic acids is 2. The van der Waals surface area contributed by atoms with Gasteiger partial charge in [-0.1, -0.05) is 6.08 Å². The summed E-state index contributed by atoms with van der Waals surface area (Å²) in [6, 6.07) is 0. The molecule has 96 valence electrons. The summed E-state index contributed by atoms with van der Waals surface area (Å²) in [7, 11) is 0. The highest BCUT2D eigenvalue weighted by Crippen LogP contribution is 2.11. The van der Waals surface area contributed by atoms with E-state index >= 15 is 0 Å². The average molecular weight is 241 g/mol. The molecule has 0 spiro atoms. The second kappa shape index (κ2) is 6.18. The Morgan fingerprint density at radius 2 is 1.76 bits per heavy atom. The van der Waals surface area contributed by atoms with E-state index in [2.05, 4.69) is 5.32 Å². The summed E-state index contributed by atoms with van der Waals surface area (Å²) in [5.74, 6) is -1.52. The maximum Gasteiger partial charge on any atom is 0.330 e. The Labute approximate surface area is 101 Å². The number of hydrogen-bond acceptors (Lipinski definition) is 3. The van der Waals surface area contributed by atoms with E-state index in [1.54, 1.807) is 19.9 Å². The highest BCUT2D eigenvalue weighted by atomic mass is 16.4. The van der Waals surface area contributed by atoms with Crippen LogP contribution in [0.4, 0.5) is 0 Å². The molecule has 0 atom stereocenters. The molecule has 0 aliphatic rings. The lowest BCUT2D eigenvalue weighted by Gasteiger charge is -2.24. The highest BCUT2D eigenvalue weighted by molar-refractivity contribution is 5.97. The molecule has 0 rings (SSSR count). The van der Waals surface area contributed by atoms with Crippen LogP contribution in [0, 0.1) is 0 Å². The van der Waals surface area contributed by atoms with Crippen LogP contribution in [0.25, 0.3) is 0 Å². The standard InChI is InChI=1S/C12H19NO4/c1-8(11(16)17)5-6-12(3,4)13-10(15)7-9(2)14/h5H,6-7H2,1-4H3,(H,13,15)(H,16,17). The second-order valence-corrected chi connectivity index (χ2v) is 4.71. The lowest BCUT2D eigenvalue weighted by atomic mass is 9.98. The molecule has 0 fully saturated rings.